The van der Waals surface area contributed by atoms with E-state index in [9.17, 15) is 14.0 Å². The van der Waals surface area contributed by atoms with E-state index in [-0.39, 0.29) is 23.5 Å². The zero-order valence-corrected chi connectivity index (χ0v) is 16.8. The third-order valence-electron chi connectivity index (χ3n) is 5.28. The van der Waals surface area contributed by atoms with Gasteiger partial charge in [-0.15, -0.1) is 0 Å². The van der Waals surface area contributed by atoms with Crippen LogP contribution in [0.25, 0.3) is 0 Å². The van der Waals surface area contributed by atoms with Crippen molar-refractivity contribution in [3.8, 4) is 0 Å². The van der Waals surface area contributed by atoms with Gasteiger partial charge >= 0.3 is 0 Å². The van der Waals surface area contributed by atoms with Crippen molar-refractivity contribution in [2.75, 3.05) is 18.4 Å². The van der Waals surface area contributed by atoms with Crippen LogP contribution in [-0.4, -0.2) is 41.9 Å². The number of likely N-dealkylation sites (tertiary alicyclic amines) is 1. The number of hydrogen-bond donors (Lipinski definition) is 2. The molecule has 0 aliphatic carbocycles. The number of rotatable bonds is 4. The highest BCUT2D eigenvalue weighted by Gasteiger charge is 2.27. The molecule has 0 saturated carbocycles. The Morgan fingerprint density at radius 1 is 1.15 bits per heavy atom. The fourth-order valence-corrected chi connectivity index (χ4v) is 3.71. The van der Waals surface area contributed by atoms with Crippen LogP contribution >= 0.6 is 0 Å². The molecule has 0 bridgehead atoms. The summed E-state index contributed by atoms with van der Waals surface area (Å²) in [4.78, 5) is 25.4. The number of nitrogens with one attached hydrogen (secondary N) is 2. The molecule has 2 heterocycles. The van der Waals surface area contributed by atoms with E-state index in [4.69, 9.17) is 0 Å². The molecule has 0 aromatic heterocycles. The summed E-state index contributed by atoms with van der Waals surface area (Å²) in [5.74, 6) is -0.570. The molecule has 2 aliphatic heterocycles. The minimum Gasteiger partial charge on any atom is -0.374 e. The molecule has 1 aromatic carbocycles. The van der Waals surface area contributed by atoms with Gasteiger partial charge in [-0.3, -0.25) is 14.9 Å². The third kappa shape index (κ3) is 5.51. The van der Waals surface area contributed by atoms with Crippen LogP contribution in [0.5, 0.6) is 0 Å². The number of nitrogens with zero attached hydrogens (tertiary/aromatic N) is 1. The molecular formula is C21H32FN3O2. The second kappa shape index (κ2) is 9.83. The van der Waals surface area contributed by atoms with E-state index in [1.54, 1.807) is 0 Å². The lowest BCUT2D eigenvalue weighted by Gasteiger charge is -2.35. The molecule has 2 saturated heterocycles. The lowest BCUT2D eigenvalue weighted by Crippen LogP contribution is -2.47. The molecule has 2 amide bonds. The molecule has 6 heteroatoms. The van der Waals surface area contributed by atoms with Gasteiger partial charge in [0.05, 0.1) is 0 Å². The van der Waals surface area contributed by atoms with Gasteiger partial charge in [0.15, 0.2) is 0 Å². The van der Waals surface area contributed by atoms with Gasteiger partial charge in [-0.25, -0.2) is 4.39 Å². The summed E-state index contributed by atoms with van der Waals surface area (Å²) in [6, 6.07) is 5.17. The second-order valence-corrected chi connectivity index (χ2v) is 7.29. The van der Waals surface area contributed by atoms with Crippen molar-refractivity contribution in [2.24, 2.45) is 0 Å². The van der Waals surface area contributed by atoms with Crippen molar-refractivity contribution in [3.05, 3.63) is 29.6 Å². The van der Waals surface area contributed by atoms with Gasteiger partial charge in [0.2, 0.25) is 11.8 Å². The zero-order chi connectivity index (χ0) is 20.0. The van der Waals surface area contributed by atoms with Crippen LogP contribution in [0.15, 0.2) is 18.2 Å². The molecule has 5 nitrogen and oxygen atoms in total. The van der Waals surface area contributed by atoms with Gasteiger partial charge in [-0.05, 0) is 69.8 Å². The van der Waals surface area contributed by atoms with Gasteiger partial charge in [0, 0.05) is 18.2 Å². The highest BCUT2D eigenvalue weighted by molar-refractivity contribution is 6.01. The molecule has 0 radical (unpaired) electrons. The predicted molar refractivity (Wildman–Crippen MR) is 106 cm³/mol. The minimum atomic E-state index is -0.489. The number of anilines is 1. The first-order valence-corrected chi connectivity index (χ1v) is 10.1. The van der Waals surface area contributed by atoms with Crippen LogP contribution in [0, 0.1) is 5.82 Å². The summed E-state index contributed by atoms with van der Waals surface area (Å²) in [6.45, 7) is 10.4. The number of hydrogen-bond acceptors (Lipinski definition) is 4. The number of imide groups is 1. The van der Waals surface area contributed by atoms with Crippen molar-refractivity contribution >= 4 is 17.5 Å². The Balaban J connectivity index is 0.00000126. The Hall–Kier alpha value is -1.95. The lowest BCUT2D eigenvalue weighted by molar-refractivity contribution is -0.133. The Labute approximate surface area is 161 Å². The van der Waals surface area contributed by atoms with Crippen LogP contribution < -0.4 is 10.6 Å². The van der Waals surface area contributed by atoms with Gasteiger partial charge in [0.25, 0.3) is 0 Å². The maximum absolute atomic E-state index is 14.6. The Bertz CT molecular complexity index is 655. The number of carbonyl (C=O) groups excluding carboxylic acids is 2. The Kier molecular flexibility index (Phi) is 7.78. The van der Waals surface area contributed by atoms with Crippen LogP contribution in [0.4, 0.5) is 10.1 Å². The molecule has 2 N–H and O–H groups in total. The average molecular weight is 378 g/mol. The van der Waals surface area contributed by atoms with Crippen molar-refractivity contribution in [1.29, 1.82) is 0 Å². The van der Waals surface area contributed by atoms with Gasteiger partial charge in [-0.1, -0.05) is 19.9 Å². The monoisotopic (exact) mass is 377 g/mol. The van der Waals surface area contributed by atoms with Crippen molar-refractivity contribution in [2.45, 2.75) is 71.4 Å². The van der Waals surface area contributed by atoms with E-state index < -0.39 is 6.04 Å². The fourth-order valence-electron chi connectivity index (χ4n) is 3.71. The molecule has 0 spiro atoms. The number of benzene rings is 1. The molecule has 1 atom stereocenters. The molecule has 27 heavy (non-hydrogen) atoms. The highest BCUT2D eigenvalue weighted by Crippen LogP contribution is 2.31. The van der Waals surface area contributed by atoms with Crippen LogP contribution in [0.1, 0.15) is 64.9 Å². The molecular weight excluding hydrogens is 345 g/mol. The topological polar surface area (TPSA) is 61.4 Å². The summed E-state index contributed by atoms with van der Waals surface area (Å²) < 4.78 is 14.6. The molecule has 3 rings (SSSR count). The van der Waals surface area contributed by atoms with E-state index in [0.717, 1.165) is 31.5 Å². The molecule has 0 unspecified atom stereocenters. The maximum atomic E-state index is 14.6. The van der Waals surface area contributed by atoms with E-state index in [1.165, 1.54) is 6.07 Å². The summed E-state index contributed by atoms with van der Waals surface area (Å²) >= 11 is 0. The zero-order valence-electron chi connectivity index (χ0n) is 16.8. The van der Waals surface area contributed by atoms with Crippen molar-refractivity contribution in [3.63, 3.8) is 0 Å². The summed E-state index contributed by atoms with van der Waals surface area (Å²) in [5, 5.41) is 5.33. The van der Waals surface area contributed by atoms with Gasteiger partial charge < -0.3 is 10.2 Å². The number of amides is 2. The van der Waals surface area contributed by atoms with E-state index >= 15 is 0 Å². The number of halogens is 1. The second-order valence-electron chi connectivity index (χ2n) is 7.29. The first-order chi connectivity index (χ1) is 12.9. The van der Waals surface area contributed by atoms with Gasteiger partial charge in [-0.2, -0.15) is 0 Å². The smallest absolute Gasteiger partial charge is 0.249 e. The maximum Gasteiger partial charge on any atom is 0.249 e. The normalized spacial score (nSPS) is 21.5. The minimum absolute atomic E-state index is 0.222. The lowest BCUT2D eigenvalue weighted by atomic mass is 9.88. The fraction of sp³-hybridized carbons (Fsp3) is 0.619. The number of piperidine rings is 2. The first-order valence-electron chi connectivity index (χ1n) is 10.1. The molecule has 150 valence electrons. The van der Waals surface area contributed by atoms with Crippen LogP contribution in [0.3, 0.4) is 0 Å². The molecule has 1 aromatic rings. The predicted octanol–water partition coefficient (Wildman–Crippen LogP) is 3.66. The van der Waals surface area contributed by atoms with Crippen LogP contribution in [0.2, 0.25) is 0 Å². The standard InChI is InChI=1S/C19H26FN3O2.C2H6/c1-12(2)23-9-7-13(8-10-23)15-4-3-14(11-16(15)20)21-17-5-6-18(24)22-19(17)25;1-2/h3-4,11-13,17,21H,5-10H2,1-2H3,(H,22,24,25);1-2H3/t17-;/m0./s1. The summed E-state index contributed by atoms with van der Waals surface area (Å²) in [7, 11) is 0. The van der Waals surface area contributed by atoms with E-state index in [1.807, 2.05) is 26.0 Å². The quantitative estimate of drug-likeness (QED) is 0.786. The van der Waals surface area contributed by atoms with E-state index in [2.05, 4.69) is 29.4 Å². The van der Waals surface area contributed by atoms with E-state index in [0.29, 0.717) is 24.6 Å². The van der Waals surface area contributed by atoms with Crippen molar-refractivity contribution < 1.29 is 14.0 Å². The highest BCUT2D eigenvalue weighted by atomic mass is 19.1. The summed E-state index contributed by atoms with van der Waals surface area (Å²) in [5.41, 5.74) is 1.34. The SMILES string of the molecule is CC.CC(C)N1CCC(c2ccc(N[C@H]3CCC(=O)NC3=O)cc2F)CC1. The average Bonchev–Trinajstić information content (AvgIpc) is 2.66. The van der Waals surface area contributed by atoms with Gasteiger partial charge in [0.1, 0.15) is 11.9 Å². The van der Waals surface area contributed by atoms with Crippen LogP contribution in [-0.2, 0) is 9.59 Å². The largest absolute Gasteiger partial charge is 0.374 e. The first kappa shape index (κ1) is 21.4. The Morgan fingerprint density at radius 2 is 1.81 bits per heavy atom. The third-order valence-corrected chi connectivity index (χ3v) is 5.28. The molecule has 2 fully saturated rings. The van der Waals surface area contributed by atoms with Crippen molar-refractivity contribution in [1.82, 2.24) is 10.2 Å². The Morgan fingerprint density at radius 3 is 2.37 bits per heavy atom. The molecule has 2 aliphatic rings. The summed E-state index contributed by atoms with van der Waals surface area (Å²) in [6.07, 6.45) is 2.67. The number of carbonyl (C=O) groups is 2.